The number of anilines is 1. The third-order valence-electron chi connectivity index (χ3n) is 5.31. The molecule has 0 aliphatic carbocycles. The lowest BCUT2D eigenvalue weighted by atomic mass is 10.0. The Balaban J connectivity index is 2.02. The quantitative estimate of drug-likeness (QED) is 0.288. The number of halogens is 1. The lowest BCUT2D eigenvalue weighted by Gasteiger charge is -2.19. The van der Waals surface area contributed by atoms with Gasteiger partial charge >= 0.3 is 0 Å². The van der Waals surface area contributed by atoms with Gasteiger partial charge in [-0.25, -0.2) is 9.37 Å². The van der Waals surface area contributed by atoms with Crippen LogP contribution in [0.5, 0.6) is 0 Å². The topological polar surface area (TPSA) is 64.0 Å². The molecule has 0 saturated heterocycles. The monoisotopic (exact) mass is 451 g/mol. The highest BCUT2D eigenvalue weighted by Crippen LogP contribution is 2.25. The van der Waals surface area contributed by atoms with Crippen LogP contribution in [0.15, 0.2) is 109 Å². The van der Waals surface area contributed by atoms with Crippen LogP contribution in [0.1, 0.15) is 21.6 Å². The summed E-state index contributed by atoms with van der Waals surface area (Å²) in [5, 5.41) is 3.60. The number of carbonyl (C=O) groups excluding carboxylic acids is 1. The summed E-state index contributed by atoms with van der Waals surface area (Å²) >= 11 is 0. The Morgan fingerprint density at radius 1 is 1.06 bits per heavy atom. The highest BCUT2D eigenvalue weighted by Gasteiger charge is 2.19. The molecule has 4 aromatic rings. The second-order valence-electron chi connectivity index (χ2n) is 7.61. The molecular weight excluding hydrogens is 429 g/mol. The maximum atomic E-state index is 13.4. The van der Waals surface area contributed by atoms with E-state index >= 15 is 0 Å². The molecule has 34 heavy (non-hydrogen) atoms. The first-order valence-corrected chi connectivity index (χ1v) is 10.6. The fourth-order valence-corrected chi connectivity index (χ4v) is 3.73. The van der Waals surface area contributed by atoms with Crippen molar-refractivity contribution >= 4 is 22.6 Å². The van der Waals surface area contributed by atoms with Gasteiger partial charge in [-0.05, 0) is 67.1 Å². The number of pyridine rings is 2. The number of hydrogen-bond donors (Lipinski definition) is 1. The summed E-state index contributed by atoms with van der Waals surface area (Å²) in [6, 6.07) is 17.8. The molecule has 6 heteroatoms. The molecule has 0 unspecified atom stereocenters. The van der Waals surface area contributed by atoms with E-state index in [-0.39, 0.29) is 16.9 Å². The number of hydrogen-bond acceptors (Lipinski definition) is 4. The van der Waals surface area contributed by atoms with Gasteiger partial charge in [-0.3, -0.25) is 14.2 Å². The number of para-hydroxylation sites is 1. The van der Waals surface area contributed by atoms with Crippen LogP contribution < -0.4 is 10.7 Å². The summed E-state index contributed by atoms with van der Waals surface area (Å²) < 4.78 is 15.1. The SMILES string of the molecule is C=C/C=C(\C=C)Nc1cc(=O)c2c(C)cc(C(=O)c3ccc(F)cc3)nc2n1-c1ccccc1. The van der Waals surface area contributed by atoms with Gasteiger partial charge in [0.2, 0.25) is 5.78 Å². The number of aryl methyl sites for hydroxylation is 1. The Labute approximate surface area is 196 Å². The third kappa shape index (κ3) is 4.34. The van der Waals surface area contributed by atoms with Crippen molar-refractivity contribution < 1.29 is 9.18 Å². The maximum Gasteiger partial charge on any atom is 0.211 e. The minimum absolute atomic E-state index is 0.156. The zero-order valence-corrected chi connectivity index (χ0v) is 18.6. The molecule has 0 aliphatic rings. The Kier molecular flexibility index (Phi) is 6.32. The van der Waals surface area contributed by atoms with Crippen LogP contribution >= 0.6 is 0 Å². The number of nitrogens with one attached hydrogen (secondary N) is 1. The first-order valence-electron chi connectivity index (χ1n) is 10.6. The van der Waals surface area contributed by atoms with E-state index in [0.717, 1.165) is 5.69 Å². The smallest absolute Gasteiger partial charge is 0.211 e. The molecule has 4 rings (SSSR count). The summed E-state index contributed by atoms with van der Waals surface area (Å²) in [4.78, 5) is 30.9. The fourth-order valence-electron chi connectivity index (χ4n) is 3.73. The molecule has 168 valence electrons. The predicted molar refractivity (Wildman–Crippen MR) is 134 cm³/mol. The van der Waals surface area contributed by atoms with Gasteiger partial charge in [-0.15, -0.1) is 0 Å². The van der Waals surface area contributed by atoms with Gasteiger partial charge in [-0.1, -0.05) is 37.4 Å². The van der Waals surface area contributed by atoms with Gasteiger partial charge in [0.1, 0.15) is 17.3 Å². The van der Waals surface area contributed by atoms with Crippen LogP contribution in [0.2, 0.25) is 0 Å². The lowest BCUT2D eigenvalue weighted by molar-refractivity contribution is 0.103. The molecule has 0 amide bonds. The molecule has 2 aromatic heterocycles. The van der Waals surface area contributed by atoms with Gasteiger partial charge in [0, 0.05) is 23.0 Å². The van der Waals surface area contributed by atoms with Gasteiger partial charge in [-0.2, -0.15) is 0 Å². The average Bonchev–Trinajstić information content (AvgIpc) is 2.84. The predicted octanol–water partition coefficient (Wildman–Crippen LogP) is 5.73. The summed E-state index contributed by atoms with van der Waals surface area (Å²) in [6.07, 6.45) is 4.95. The standard InChI is InChI=1S/C28H22FN3O2/c1-4-9-21(5-2)30-25-17-24(33)26-18(3)16-23(27(34)19-12-14-20(29)15-13-19)31-28(26)32(25)22-10-7-6-8-11-22/h4-17,30H,1-2H2,3H3/b21-9+. The molecule has 0 radical (unpaired) electrons. The third-order valence-corrected chi connectivity index (χ3v) is 5.31. The number of aromatic nitrogens is 2. The minimum atomic E-state index is -0.432. The van der Waals surface area contributed by atoms with E-state index in [2.05, 4.69) is 23.5 Å². The van der Waals surface area contributed by atoms with Gasteiger partial charge < -0.3 is 5.32 Å². The van der Waals surface area contributed by atoms with Crippen molar-refractivity contribution in [2.75, 3.05) is 5.32 Å². The van der Waals surface area contributed by atoms with E-state index < -0.39 is 5.82 Å². The Bertz CT molecular complexity index is 1500. The second kappa shape index (κ2) is 9.50. The van der Waals surface area contributed by atoms with Crippen LogP contribution in [-0.4, -0.2) is 15.3 Å². The Morgan fingerprint density at radius 2 is 1.76 bits per heavy atom. The molecule has 0 saturated carbocycles. The number of rotatable bonds is 7. The van der Waals surface area contributed by atoms with E-state index in [4.69, 9.17) is 0 Å². The van der Waals surface area contributed by atoms with Crippen LogP contribution in [0.3, 0.4) is 0 Å². The summed E-state index contributed by atoms with van der Waals surface area (Å²) in [6.45, 7) is 9.28. The molecule has 0 spiro atoms. The second-order valence-corrected chi connectivity index (χ2v) is 7.61. The molecule has 0 bridgehead atoms. The number of nitrogens with zero attached hydrogens (tertiary/aromatic N) is 2. The van der Waals surface area contributed by atoms with E-state index in [1.807, 2.05) is 30.3 Å². The van der Waals surface area contributed by atoms with Crippen molar-refractivity contribution in [1.82, 2.24) is 9.55 Å². The van der Waals surface area contributed by atoms with Crippen molar-refractivity contribution in [3.63, 3.8) is 0 Å². The van der Waals surface area contributed by atoms with E-state index in [1.54, 1.807) is 35.8 Å². The number of ketones is 1. The zero-order valence-electron chi connectivity index (χ0n) is 18.6. The molecular formula is C28H22FN3O2. The van der Waals surface area contributed by atoms with E-state index in [0.29, 0.717) is 33.7 Å². The number of benzene rings is 2. The van der Waals surface area contributed by atoms with Gasteiger partial charge in [0.05, 0.1) is 5.39 Å². The van der Waals surface area contributed by atoms with E-state index in [9.17, 15) is 14.0 Å². The maximum absolute atomic E-state index is 13.4. The van der Waals surface area contributed by atoms with Crippen molar-refractivity contribution in [3.8, 4) is 5.69 Å². The average molecular weight is 452 g/mol. The zero-order chi connectivity index (χ0) is 24.2. The van der Waals surface area contributed by atoms with Crippen molar-refractivity contribution in [2.45, 2.75) is 6.92 Å². The number of carbonyl (C=O) groups is 1. The number of fused-ring (bicyclic) bond motifs is 1. The Hall–Kier alpha value is -4.58. The normalized spacial score (nSPS) is 11.3. The van der Waals surface area contributed by atoms with Crippen molar-refractivity contribution in [1.29, 1.82) is 0 Å². The first kappa shape index (κ1) is 22.6. The molecule has 1 N–H and O–H groups in total. The summed E-state index contributed by atoms with van der Waals surface area (Å²) in [5.74, 6) is -0.345. The van der Waals surface area contributed by atoms with Crippen LogP contribution in [0.4, 0.5) is 10.2 Å². The molecule has 0 fully saturated rings. The highest BCUT2D eigenvalue weighted by atomic mass is 19.1. The van der Waals surface area contributed by atoms with Crippen LogP contribution in [-0.2, 0) is 0 Å². The fraction of sp³-hybridized carbons (Fsp3) is 0.0357. The molecule has 5 nitrogen and oxygen atoms in total. The highest BCUT2D eigenvalue weighted by molar-refractivity contribution is 6.08. The minimum Gasteiger partial charge on any atom is -0.341 e. The van der Waals surface area contributed by atoms with E-state index in [1.165, 1.54) is 30.3 Å². The lowest BCUT2D eigenvalue weighted by Crippen LogP contribution is -2.17. The first-order chi connectivity index (χ1) is 16.4. The van der Waals surface area contributed by atoms with Gasteiger partial charge in [0.25, 0.3) is 0 Å². The molecule has 2 aromatic carbocycles. The number of allylic oxidation sites excluding steroid dienone is 3. The van der Waals surface area contributed by atoms with Crippen LogP contribution in [0, 0.1) is 12.7 Å². The van der Waals surface area contributed by atoms with Crippen molar-refractivity contribution in [2.24, 2.45) is 0 Å². The van der Waals surface area contributed by atoms with Crippen molar-refractivity contribution in [3.05, 3.63) is 137 Å². The summed E-state index contributed by atoms with van der Waals surface area (Å²) in [5.41, 5.74) is 2.54. The Morgan fingerprint density at radius 3 is 2.41 bits per heavy atom. The molecule has 0 aliphatic heterocycles. The van der Waals surface area contributed by atoms with Gasteiger partial charge in [0.15, 0.2) is 11.1 Å². The summed E-state index contributed by atoms with van der Waals surface area (Å²) in [7, 11) is 0. The molecule has 2 heterocycles. The largest absolute Gasteiger partial charge is 0.341 e. The van der Waals surface area contributed by atoms with Crippen LogP contribution in [0.25, 0.3) is 16.7 Å². The molecule has 0 atom stereocenters.